The quantitative estimate of drug-likeness (QED) is 0.575. The van der Waals surface area contributed by atoms with Crippen LogP contribution in [0.25, 0.3) is 0 Å². The van der Waals surface area contributed by atoms with Crippen molar-refractivity contribution < 1.29 is 9.84 Å². The molecule has 1 rings (SSSR count). The molecule has 0 amide bonds. The molecule has 1 aromatic carbocycles. The summed E-state index contributed by atoms with van der Waals surface area (Å²) in [6, 6.07) is 5.64. The average Bonchev–Trinajstić information content (AvgIpc) is 2.38. The van der Waals surface area contributed by atoms with Crippen molar-refractivity contribution in [3.8, 4) is 23.8 Å². The topological polar surface area (TPSA) is 41.5 Å². The van der Waals surface area contributed by atoms with Crippen LogP contribution in [0.2, 0.25) is 0 Å². The van der Waals surface area contributed by atoms with Gasteiger partial charge in [0.25, 0.3) is 0 Å². The van der Waals surface area contributed by atoms with Crippen LogP contribution in [0.15, 0.2) is 18.2 Å². The molecule has 0 saturated heterocycles. The van der Waals surface area contributed by atoms with E-state index in [0.717, 1.165) is 31.4 Å². The summed E-state index contributed by atoms with van der Waals surface area (Å²) >= 11 is 0. The third kappa shape index (κ3) is 4.31. The van der Waals surface area contributed by atoms with Crippen molar-refractivity contribution >= 4 is 0 Å². The highest BCUT2D eigenvalue weighted by Gasteiger charge is 2.08. The molecule has 0 aliphatic heterocycles. The number of unbranched alkanes of at least 4 members (excludes halogenated alkanes) is 2. The summed E-state index contributed by atoms with van der Waals surface area (Å²) < 4.78 is 5.09. The first kappa shape index (κ1) is 14.4. The van der Waals surface area contributed by atoms with Crippen molar-refractivity contribution in [3.63, 3.8) is 0 Å². The maximum Gasteiger partial charge on any atom is 0.160 e. The molecule has 0 radical (unpaired) electrons. The molecule has 0 saturated carbocycles. The van der Waals surface area contributed by atoms with Crippen molar-refractivity contribution in [1.29, 1.82) is 0 Å². The van der Waals surface area contributed by atoms with Crippen molar-refractivity contribution in [2.45, 2.75) is 32.2 Å². The Morgan fingerprint density at radius 2 is 2.22 bits per heavy atom. The van der Waals surface area contributed by atoms with E-state index >= 15 is 0 Å². The molecule has 3 heteroatoms. The van der Waals surface area contributed by atoms with E-state index in [1.54, 1.807) is 13.2 Å². The number of benzene rings is 1. The third-order valence-corrected chi connectivity index (χ3v) is 2.90. The molecule has 0 heterocycles. The highest BCUT2D eigenvalue weighted by atomic mass is 16.5. The predicted molar refractivity (Wildman–Crippen MR) is 73.8 cm³/mol. The minimum Gasteiger partial charge on any atom is -0.504 e. The van der Waals surface area contributed by atoms with Crippen LogP contribution in [0.5, 0.6) is 11.5 Å². The van der Waals surface area contributed by atoms with E-state index in [4.69, 9.17) is 11.2 Å². The van der Waals surface area contributed by atoms with Crippen LogP contribution in [0.3, 0.4) is 0 Å². The highest BCUT2D eigenvalue weighted by Crippen LogP contribution is 2.28. The van der Waals surface area contributed by atoms with Crippen LogP contribution in [0.1, 0.15) is 37.8 Å². The van der Waals surface area contributed by atoms with Crippen LogP contribution in [-0.4, -0.2) is 18.8 Å². The number of terminal acetylenes is 1. The fourth-order valence-corrected chi connectivity index (χ4v) is 1.75. The van der Waals surface area contributed by atoms with Crippen LogP contribution in [0, 0.1) is 12.3 Å². The zero-order valence-corrected chi connectivity index (χ0v) is 11.1. The Balaban J connectivity index is 2.46. The Morgan fingerprint density at radius 3 is 2.89 bits per heavy atom. The van der Waals surface area contributed by atoms with Gasteiger partial charge in [-0.1, -0.05) is 6.07 Å². The normalized spacial score (nSPS) is 11.8. The predicted octanol–water partition coefficient (Wildman–Crippen LogP) is 2.85. The van der Waals surface area contributed by atoms with E-state index in [9.17, 15) is 5.11 Å². The van der Waals surface area contributed by atoms with Gasteiger partial charge in [-0.3, -0.25) is 0 Å². The van der Waals surface area contributed by atoms with E-state index in [1.165, 1.54) is 0 Å². The van der Waals surface area contributed by atoms with Gasteiger partial charge in [0.2, 0.25) is 0 Å². The fraction of sp³-hybridized carbons (Fsp3) is 0.467. The number of methoxy groups -OCH3 is 1. The molecule has 0 aliphatic rings. The van der Waals surface area contributed by atoms with Gasteiger partial charge < -0.3 is 15.2 Å². The van der Waals surface area contributed by atoms with Crippen molar-refractivity contribution in [2.24, 2.45) is 0 Å². The van der Waals surface area contributed by atoms with Gasteiger partial charge in [-0.15, -0.1) is 12.3 Å². The molecule has 0 spiro atoms. The molecule has 1 unspecified atom stereocenters. The lowest BCUT2D eigenvalue weighted by Crippen LogP contribution is -2.19. The van der Waals surface area contributed by atoms with E-state index < -0.39 is 0 Å². The first-order valence-electron chi connectivity index (χ1n) is 6.22. The monoisotopic (exact) mass is 247 g/mol. The Labute approximate surface area is 109 Å². The van der Waals surface area contributed by atoms with Gasteiger partial charge in [0.1, 0.15) is 0 Å². The number of rotatable bonds is 7. The number of nitrogens with one attached hydrogen (secondary N) is 1. The smallest absolute Gasteiger partial charge is 0.160 e. The first-order valence-corrected chi connectivity index (χ1v) is 6.22. The van der Waals surface area contributed by atoms with Gasteiger partial charge in [0, 0.05) is 12.5 Å². The lowest BCUT2D eigenvalue weighted by molar-refractivity contribution is 0.372. The second-order valence-corrected chi connectivity index (χ2v) is 4.27. The number of hydrogen-bond acceptors (Lipinski definition) is 3. The van der Waals surface area contributed by atoms with E-state index in [1.807, 2.05) is 12.1 Å². The molecule has 1 aromatic rings. The largest absolute Gasteiger partial charge is 0.504 e. The Morgan fingerprint density at radius 1 is 1.44 bits per heavy atom. The molecular formula is C15H21NO2. The van der Waals surface area contributed by atoms with Crippen LogP contribution >= 0.6 is 0 Å². The molecule has 0 aliphatic carbocycles. The Hall–Kier alpha value is -1.66. The summed E-state index contributed by atoms with van der Waals surface area (Å²) in [6.45, 7) is 3.03. The van der Waals surface area contributed by atoms with Crippen molar-refractivity contribution in [1.82, 2.24) is 5.32 Å². The van der Waals surface area contributed by atoms with Gasteiger partial charge in [-0.05, 0) is 44.0 Å². The fourth-order valence-electron chi connectivity index (χ4n) is 1.75. The molecule has 3 nitrogen and oxygen atoms in total. The molecule has 0 fully saturated rings. The summed E-state index contributed by atoms with van der Waals surface area (Å²) in [7, 11) is 1.55. The van der Waals surface area contributed by atoms with Gasteiger partial charge in [-0.2, -0.15) is 0 Å². The first-order chi connectivity index (χ1) is 8.69. The average molecular weight is 247 g/mol. The van der Waals surface area contributed by atoms with Gasteiger partial charge in [0.05, 0.1) is 7.11 Å². The zero-order chi connectivity index (χ0) is 13.4. The van der Waals surface area contributed by atoms with Crippen molar-refractivity contribution in [3.05, 3.63) is 23.8 Å². The maximum absolute atomic E-state index is 9.53. The minimum atomic E-state index is 0.169. The lowest BCUT2D eigenvalue weighted by Gasteiger charge is -2.15. The summed E-state index contributed by atoms with van der Waals surface area (Å²) in [5, 5.41) is 12.9. The number of ether oxygens (including phenoxy) is 1. The second-order valence-electron chi connectivity index (χ2n) is 4.27. The summed E-state index contributed by atoms with van der Waals surface area (Å²) in [6.07, 6.45) is 8.16. The van der Waals surface area contributed by atoms with Crippen LogP contribution < -0.4 is 10.1 Å². The molecule has 1 atom stereocenters. The van der Waals surface area contributed by atoms with Gasteiger partial charge >= 0.3 is 0 Å². The number of phenolic OH excluding ortho intramolecular Hbond substituents is 1. The minimum absolute atomic E-state index is 0.169. The summed E-state index contributed by atoms with van der Waals surface area (Å²) in [5.74, 6) is 3.31. The highest BCUT2D eigenvalue weighted by molar-refractivity contribution is 5.42. The standard InChI is InChI=1S/C15H21NO2/c1-4-5-6-7-10-16-12(2)13-8-9-14(17)15(11-13)18-3/h1,8-9,11-12,16-17H,5-7,10H2,2-3H3. The Bertz CT molecular complexity index is 409. The number of hydrogen-bond donors (Lipinski definition) is 2. The van der Waals surface area contributed by atoms with E-state index in [0.29, 0.717) is 5.75 Å². The summed E-state index contributed by atoms with van der Waals surface area (Å²) in [4.78, 5) is 0. The maximum atomic E-state index is 9.53. The zero-order valence-electron chi connectivity index (χ0n) is 11.1. The number of aromatic hydroxyl groups is 1. The summed E-state index contributed by atoms with van der Waals surface area (Å²) in [5.41, 5.74) is 1.10. The van der Waals surface area contributed by atoms with E-state index in [2.05, 4.69) is 18.2 Å². The number of phenols is 1. The SMILES string of the molecule is C#CCCCCNC(C)c1ccc(O)c(OC)c1. The molecular weight excluding hydrogens is 226 g/mol. The molecule has 2 N–H and O–H groups in total. The van der Waals surface area contributed by atoms with Gasteiger partial charge in [-0.25, -0.2) is 0 Å². The molecule has 0 aromatic heterocycles. The Kier molecular flexibility index (Phi) is 6.10. The molecule has 98 valence electrons. The van der Waals surface area contributed by atoms with Crippen LogP contribution in [0.4, 0.5) is 0 Å². The van der Waals surface area contributed by atoms with Gasteiger partial charge in [0.15, 0.2) is 11.5 Å². The molecule has 0 bridgehead atoms. The van der Waals surface area contributed by atoms with E-state index in [-0.39, 0.29) is 11.8 Å². The second kappa shape index (κ2) is 7.62. The molecule has 18 heavy (non-hydrogen) atoms. The third-order valence-electron chi connectivity index (χ3n) is 2.90. The lowest BCUT2D eigenvalue weighted by atomic mass is 10.1. The van der Waals surface area contributed by atoms with Crippen LogP contribution in [-0.2, 0) is 0 Å². The van der Waals surface area contributed by atoms with Crippen molar-refractivity contribution in [2.75, 3.05) is 13.7 Å².